The summed E-state index contributed by atoms with van der Waals surface area (Å²) in [4.78, 5) is 20.8. The number of carbonyl (C=O) groups is 2. The highest BCUT2D eigenvalue weighted by atomic mass is 16.5. The third kappa shape index (κ3) is 3.57. The van der Waals surface area contributed by atoms with E-state index in [1.807, 2.05) is 0 Å². The Morgan fingerprint density at radius 1 is 1.45 bits per heavy atom. The molecule has 5 heteroatoms. The number of ether oxygens (including phenoxy) is 2. The van der Waals surface area contributed by atoms with E-state index < -0.39 is 18.0 Å². The van der Waals surface area contributed by atoms with Gasteiger partial charge in [0.15, 0.2) is 6.10 Å². The van der Waals surface area contributed by atoms with Crippen LogP contribution in [0.3, 0.4) is 0 Å². The van der Waals surface area contributed by atoms with Gasteiger partial charge in [-0.1, -0.05) is 0 Å². The normalized spacial score (nSPS) is 12.2. The summed E-state index contributed by atoms with van der Waals surface area (Å²) in [6.07, 6.45) is -1.37. The van der Waals surface area contributed by atoms with Gasteiger partial charge in [0.2, 0.25) is 0 Å². The molecule has 0 aromatic carbocycles. The van der Waals surface area contributed by atoms with Crippen molar-refractivity contribution in [3.8, 4) is 0 Å². The van der Waals surface area contributed by atoms with Crippen molar-refractivity contribution in [3.63, 3.8) is 0 Å². The van der Waals surface area contributed by atoms with Gasteiger partial charge in [-0.05, 0) is 0 Å². The molecule has 0 radical (unpaired) electrons. The Kier molecular flexibility index (Phi) is 4.21. The van der Waals surface area contributed by atoms with Crippen molar-refractivity contribution in [1.29, 1.82) is 0 Å². The average Bonchev–Trinajstić information content (AvgIpc) is 1.99. The van der Waals surface area contributed by atoms with Crippen LogP contribution in [0, 0.1) is 0 Å². The van der Waals surface area contributed by atoms with Crippen LogP contribution < -0.4 is 0 Å². The highest BCUT2D eigenvalue weighted by Gasteiger charge is 2.20. The van der Waals surface area contributed by atoms with E-state index in [4.69, 9.17) is 5.11 Å². The molecule has 0 spiro atoms. The van der Waals surface area contributed by atoms with Gasteiger partial charge in [0.05, 0.1) is 13.5 Å². The summed E-state index contributed by atoms with van der Waals surface area (Å²) in [5, 5.41) is 8.38. The molecule has 5 nitrogen and oxygen atoms in total. The highest BCUT2D eigenvalue weighted by molar-refractivity contribution is 5.80. The minimum absolute atomic E-state index is 0.262. The van der Waals surface area contributed by atoms with Crippen LogP contribution in [0.2, 0.25) is 0 Å². The first-order valence-corrected chi connectivity index (χ1v) is 2.94. The van der Waals surface area contributed by atoms with Crippen LogP contribution in [0.5, 0.6) is 0 Å². The monoisotopic (exact) mass is 162 g/mol. The number of hydrogen-bond acceptors (Lipinski definition) is 4. The predicted octanol–water partition coefficient (Wildman–Crippen LogP) is -0.351. The van der Waals surface area contributed by atoms with Crippen molar-refractivity contribution in [2.24, 2.45) is 0 Å². The third-order valence-electron chi connectivity index (χ3n) is 1.14. The number of esters is 1. The fourth-order valence-electron chi connectivity index (χ4n) is 0.506. The van der Waals surface area contributed by atoms with Crippen molar-refractivity contribution in [2.45, 2.75) is 12.5 Å². The molecule has 0 unspecified atom stereocenters. The van der Waals surface area contributed by atoms with E-state index in [1.54, 1.807) is 0 Å². The van der Waals surface area contributed by atoms with Crippen molar-refractivity contribution in [3.05, 3.63) is 0 Å². The molecule has 0 saturated heterocycles. The maximum atomic E-state index is 10.5. The lowest BCUT2D eigenvalue weighted by atomic mass is 10.2. The van der Waals surface area contributed by atoms with E-state index in [0.29, 0.717) is 0 Å². The smallest absolute Gasteiger partial charge is 0.333 e. The molecule has 1 atom stereocenters. The maximum Gasteiger partial charge on any atom is 0.333 e. The Balaban J connectivity index is 3.88. The van der Waals surface area contributed by atoms with Crippen LogP contribution in [0.1, 0.15) is 6.42 Å². The van der Waals surface area contributed by atoms with Crippen molar-refractivity contribution < 1.29 is 24.2 Å². The molecule has 0 saturated carbocycles. The lowest BCUT2D eigenvalue weighted by molar-refractivity contribution is -0.156. The summed E-state index contributed by atoms with van der Waals surface area (Å²) in [7, 11) is 2.42. The molecule has 0 aliphatic rings. The molecular formula is C6H10O5. The van der Waals surface area contributed by atoms with E-state index in [0.717, 1.165) is 0 Å². The summed E-state index contributed by atoms with van der Waals surface area (Å²) in [5.74, 6) is -1.77. The Labute approximate surface area is 63.9 Å². The average molecular weight is 162 g/mol. The first-order chi connectivity index (χ1) is 5.11. The standard InChI is InChI=1S/C6H10O5/c1-10-4(6(8)9)3-5(7)11-2/h4H,3H2,1-2H3,(H,8,9)/t4-/m0/s1. The molecule has 0 heterocycles. The van der Waals surface area contributed by atoms with E-state index in [-0.39, 0.29) is 6.42 Å². The van der Waals surface area contributed by atoms with E-state index in [9.17, 15) is 9.59 Å². The van der Waals surface area contributed by atoms with Crippen molar-refractivity contribution >= 4 is 11.9 Å². The van der Waals surface area contributed by atoms with E-state index in [2.05, 4.69) is 9.47 Å². The van der Waals surface area contributed by atoms with Crippen LogP contribution in [0.4, 0.5) is 0 Å². The first-order valence-electron chi connectivity index (χ1n) is 2.94. The summed E-state index contributed by atoms with van der Waals surface area (Å²) in [6.45, 7) is 0. The molecule has 0 fully saturated rings. The summed E-state index contributed by atoms with van der Waals surface area (Å²) in [5.41, 5.74) is 0. The van der Waals surface area contributed by atoms with Crippen LogP contribution in [-0.4, -0.2) is 37.4 Å². The fraction of sp³-hybridized carbons (Fsp3) is 0.667. The van der Waals surface area contributed by atoms with Gasteiger partial charge in [-0.15, -0.1) is 0 Å². The van der Waals surface area contributed by atoms with Gasteiger partial charge < -0.3 is 14.6 Å². The lowest BCUT2D eigenvalue weighted by Crippen LogP contribution is -2.26. The largest absolute Gasteiger partial charge is 0.479 e. The molecule has 0 aromatic rings. The second-order valence-electron chi connectivity index (χ2n) is 1.84. The molecule has 0 bridgehead atoms. The molecule has 11 heavy (non-hydrogen) atoms. The molecule has 0 aliphatic heterocycles. The minimum atomic E-state index is -1.17. The van der Waals surface area contributed by atoms with Gasteiger partial charge >= 0.3 is 11.9 Å². The number of carboxylic acids is 1. The minimum Gasteiger partial charge on any atom is -0.479 e. The second-order valence-corrected chi connectivity index (χ2v) is 1.84. The van der Waals surface area contributed by atoms with Crippen molar-refractivity contribution in [2.75, 3.05) is 14.2 Å². The van der Waals surface area contributed by atoms with Gasteiger partial charge in [-0.2, -0.15) is 0 Å². The SMILES string of the molecule is COC(=O)C[C@H](OC)C(=O)O. The Morgan fingerprint density at radius 2 is 2.00 bits per heavy atom. The number of aliphatic carboxylic acids is 1. The van der Waals surface area contributed by atoms with Gasteiger partial charge in [-0.25, -0.2) is 4.79 Å². The van der Waals surface area contributed by atoms with Gasteiger partial charge in [0.1, 0.15) is 0 Å². The Morgan fingerprint density at radius 3 is 2.27 bits per heavy atom. The number of methoxy groups -OCH3 is 2. The third-order valence-corrected chi connectivity index (χ3v) is 1.14. The first kappa shape index (κ1) is 9.90. The Hall–Kier alpha value is -1.10. The summed E-state index contributed by atoms with van der Waals surface area (Å²) in [6, 6.07) is 0. The highest BCUT2D eigenvalue weighted by Crippen LogP contribution is 1.98. The maximum absolute atomic E-state index is 10.5. The number of hydrogen-bond donors (Lipinski definition) is 1. The Bertz CT molecular complexity index is 153. The lowest BCUT2D eigenvalue weighted by Gasteiger charge is -2.07. The predicted molar refractivity (Wildman–Crippen MR) is 35.1 cm³/mol. The molecule has 64 valence electrons. The fourth-order valence-corrected chi connectivity index (χ4v) is 0.506. The quantitative estimate of drug-likeness (QED) is 0.572. The zero-order valence-electron chi connectivity index (χ0n) is 6.36. The molecule has 1 N–H and O–H groups in total. The van der Waals surface area contributed by atoms with Crippen LogP contribution in [0.25, 0.3) is 0 Å². The number of rotatable bonds is 4. The molecule has 0 amide bonds. The van der Waals surface area contributed by atoms with Gasteiger partial charge in [0.25, 0.3) is 0 Å². The van der Waals surface area contributed by atoms with E-state index in [1.165, 1.54) is 14.2 Å². The molecule has 0 rings (SSSR count). The summed E-state index contributed by atoms with van der Waals surface area (Å²) < 4.78 is 8.73. The molecule has 0 aromatic heterocycles. The van der Waals surface area contributed by atoms with Crippen molar-refractivity contribution in [1.82, 2.24) is 0 Å². The van der Waals surface area contributed by atoms with Crippen LogP contribution in [0.15, 0.2) is 0 Å². The summed E-state index contributed by atoms with van der Waals surface area (Å²) >= 11 is 0. The van der Waals surface area contributed by atoms with E-state index >= 15 is 0 Å². The number of carboxylic acid groups (broad SMARTS) is 1. The zero-order chi connectivity index (χ0) is 8.85. The van der Waals surface area contributed by atoms with Crippen LogP contribution in [-0.2, 0) is 19.1 Å². The topological polar surface area (TPSA) is 72.8 Å². The zero-order valence-corrected chi connectivity index (χ0v) is 6.36. The van der Waals surface area contributed by atoms with Gasteiger partial charge in [-0.3, -0.25) is 4.79 Å². The van der Waals surface area contributed by atoms with Crippen LogP contribution >= 0.6 is 0 Å². The molecule has 0 aliphatic carbocycles. The second kappa shape index (κ2) is 4.68. The molecular weight excluding hydrogens is 152 g/mol. The number of carbonyl (C=O) groups excluding carboxylic acids is 1. The van der Waals surface area contributed by atoms with Gasteiger partial charge in [0, 0.05) is 7.11 Å².